The average Bonchev–Trinajstić information content (AvgIpc) is 3.30. The van der Waals surface area contributed by atoms with E-state index in [-0.39, 0.29) is 31.2 Å². The molecule has 8 heteroatoms. The molecule has 3 rings (SSSR count). The number of amides is 2. The van der Waals surface area contributed by atoms with Gasteiger partial charge in [0.25, 0.3) is 0 Å². The third kappa shape index (κ3) is 2.62. The first-order chi connectivity index (χ1) is 10.3. The molecule has 0 aromatic heterocycles. The highest BCUT2D eigenvalue weighted by atomic mass is 32.2. The highest BCUT2D eigenvalue weighted by molar-refractivity contribution is 7.92. The predicted octanol–water partition coefficient (Wildman–Crippen LogP) is -1.01. The molecule has 124 valence electrons. The van der Waals surface area contributed by atoms with Gasteiger partial charge in [-0.05, 0) is 38.8 Å². The summed E-state index contributed by atoms with van der Waals surface area (Å²) >= 11 is 0. The van der Waals surface area contributed by atoms with Crippen LogP contribution >= 0.6 is 0 Å². The number of hydrogen-bond acceptors (Lipinski definition) is 5. The Bertz CT molecular complexity index is 579. The molecule has 1 aliphatic carbocycles. The maximum absolute atomic E-state index is 12.9. The number of sulfone groups is 1. The van der Waals surface area contributed by atoms with Gasteiger partial charge in [0.1, 0.15) is 0 Å². The van der Waals surface area contributed by atoms with Gasteiger partial charge in [0.2, 0.25) is 11.8 Å². The molecule has 1 N–H and O–H groups in total. The molecule has 3 aliphatic rings. The number of rotatable bonds is 3. The third-order valence-electron chi connectivity index (χ3n) is 5.04. The first-order valence-corrected chi connectivity index (χ1v) is 9.73. The van der Waals surface area contributed by atoms with E-state index in [4.69, 9.17) is 0 Å². The Balaban J connectivity index is 1.78. The molecule has 7 nitrogen and oxygen atoms in total. The summed E-state index contributed by atoms with van der Waals surface area (Å²) in [6.07, 6.45) is 3.78. The molecule has 0 bridgehead atoms. The van der Waals surface area contributed by atoms with Gasteiger partial charge in [0, 0.05) is 25.4 Å². The molecule has 0 aromatic rings. The van der Waals surface area contributed by atoms with Crippen LogP contribution in [0.2, 0.25) is 0 Å². The fourth-order valence-corrected chi connectivity index (χ4v) is 4.89. The number of piperazine rings is 1. The topological polar surface area (TPSA) is 86.8 Å². The predicted molar refractivity (Wildman–Crippen MR) is 81.0 cm³/mol. The standard InChI is InChI=1S/C14H23N3O4S/c1-22(20,21)14(4-6-15-7-5-14)13(19)16-8-9-17(11-2-3-11)12(18)10-16/h11,15H,2-10H2,1H3. The Morgan fingerprint density at radius 1 is 1.23 bits per heavy atom. The van der Waals surface area contributed by atoms with E-state index >= 15 is 0 Å². The minimum Gasteiger partial charge on any atom is -0.336 e. The minimum atomic E-state index is -3.53. The van der Waals surface area contributed by atoms with Gasteiger partial charge >= 0.3 is 0 Å². The largest absolute Gasteiger partial charge is 0.336 e. The lowest BCUT2D eigenvalue weighted by Gasteiger charge is -2.41. The van der Waals surface area contributed by atoms with Gasteiger partial charge in [0.05, 0.1) is 6.54 Å². The third-order valence-corrected chi connectivity index (χ3v) is 7.05. The van der Waals surface area contributed by atoms with Crippen LogP contribution in [0.3, 0.4) is 0 Å². The van der Waals surface area contributed by atoms with E-state index in [0.29, 0.717) is 32.2 Å². The lowest BCUT2D eigenvalue weighted by Crippen LogP contribution is -2.62. The van der Waals surface area contributed by atoms with Crippen molar-refractivity contribution in [3.8, 4) is 0 Å². The molecular weight excluding hydrogens is 306 g/mol. The Labute approximate surface area is 130 Å². The summed E-state index contributed by atoms with van der Waals surface area (Å²) in [7, 11) is -3.53. The van der Waals surface area contributed by atoms with Crippen LogP contribution in [0.15, 0.2) is 0 Å². The van der Waals surface area contributed by atoms with E-state index in [1.807, 2.05) is 4.90 Å². The van der Waals surface area contributed by atoms with Gasteiger partial charge in [0.15, 0.2) is 14.6 Å². The van der Waals surface area contributed by atoms with Crippen LogP contribution in [-0.4, -0.2) is 79.8 Å². The summed E-state index contributed by atoms with van der Waals surface area (Å²) in [6, 6.07) is 0.340. The number of piperidine rings is 1. The number of nitrogens with one attached hydrogen (secondary N) is 1. The summed E-state index contributed by atoms with van der Waals surface area (Å²) in [5, 5.41) is 3.10. The second kappa shape index (κ2) is 5.49. The van der Waals surface area contributed by atoms with Crippen LogP contribution in [0.1, 0.15) is 25.7 Å². The van der Waals surface area contributed by atoms with Gasteiger partial charge in [-0.3, -0.25) is 9.59 Å². The Hall–Kier alpha value is -1.15. The number of nitrogens with zero attached hydrogens (tertiary/aromatic N) is 2. The van der Waals surface area contributed by atoms with Crippen LogP contribution in [0.25, 0.3) is 0 Å². The second-order valence-corrected chi connectivity index (χ2v) is 8.89. The van der Waals surface area contributed by atoms with E-state index in [9.17, 15) is 18.0 Å². The lowest BCUT2D eigenvalue weighted by molar-refractivity contribution is -0.147. The first kappa shape index (κ1) is 15.7. The van der Waals surface area contributed by atoms with Crippen LogP contribution < -0.4 is 5.32 Å². The summed E-state index contributed by atoms with van der Waals surface area (Å²) in [5.74, 6) is -0.444. The van der Waals surface area contributed by atoms with Crippen molar-refractivity contribution < 1.29 is 18.0 Å². The van der Waals surface area contributed by atoms with Crippen molar-refractivity contribution in [2.75, 3.05) is 39.0 Å². The number of hydrogen-bond donors (Lipinski definition) is 1. The molecule has 2 amide bonds. The van der Waals surface area contributed by atoms with Crippen molar-refractivity contribution in [1.29, 1.82) is 0 Å². The Morgan fingerprint density at radius 2 is 1.86 bits per heavy atom. The fourth-order valence-electron chi connectivity index (χ4n) is 3.49. The van der Waals surface area contributed by atoms with Gasteiger partial charge in [-0.25, -0.2) is 8.42 Å². The Kier molecular flexibility index (Phi) is 3.92. The van der Waals surface area contributed by atoms with Crippen molar-refractivity contribution in [2.45, 2.75) is 36.5 Å². The molecule has 0 atom stereocenters. The second-order valence-electron chi connectivity index (χ2n) is 6.56. The zero-order valence-corrected chi connectivity index (χ0v) is 13.7. The van der Waals surface area contributed by atoms with Gasteiger partial charge in [-0.1, -0.05) is 0 Å². The molecule has 0 aromatic carbocycles. The summed E-state index contributed by atoms with van der Waals surface area (Å²) < 4.78 is 23.2. The zero-order chi connectivity index (χ0) is 16.0. The first-order valence-electron chi connectivity index (χ1n) is 7.84. The molecule has 2 heterocycles. The zero-order valence-electron chi connectivity index (χ0n) is 12.9. The van der Waals surface area contributed by atoms with Gasteiger partial charge in [-0.2, -0.15) is 0 Å². The van der Waals surface area contributed by atoms with Crippen LogP contribution in [-0.2, 0) is 19.4 Å². The molecule has 1 saturated carbocycles. The van der Waals surface area contributed by atoms with Crippen molar-refractivity contribution in [2.24, 2.45) is 0 Å². The molecule has 0 radical (unpaired) electrons. The van der Waals surface area contributed by atoms with E-state index in [2.05, 4.69) is 5.32 Å². The molecule has 0 spiro atoms. The van der Waals surface area contributed by atoms with Gasteiger partial charge < -0.3 is 15.1 Å². The van der Waals surface area contributed by atoms with Crippen molar-refractivity contribution in [1.82, 2.24) is 15.1 Å². The summed E-state index contributed by atoms with van der Waals surface area (Å²) in [6.45, 7) is 1.99. The SMILES string of the molecule is CS(=O)(=O)C1(C(=O)N2CCN(C3CC3)C(=O)C2)CCNCC1. The maximum Gasteiger partial charge on any atom is 0.244 e. The number of carbonyl (C=O) groups is 2. The maximum atomic E-state index is 12.9. The highest BCUT2D eigenvalue weighted by Gasteiger charge is 2.51. The van der Waals surface area contributed by atoms with E-state index in [1.165, 1.54) is 4.90 Å². The van der Waals surface area contributed by atoms with Crippen molar-refractivity contribution in [3.63, 3.8) is 0 Å². The molecule has 2 saturated heterocycles. The van der Waals surface area contributed by atoms with Crippen LogP contribution in [0, 0.1) is 0 Å². The van der Waals surface area contributed by atoms with Crippen LogP contribution in [0.5, 0.6) is 0 Å². The molecule has 3 fully saturated rings. The monoisotopic (exact) mass is 329 g/mol. The average molecular weight is 329 g/mol. The lowest BCUT2D eigenvalue weighted by atomic mass is 9.94. The molecule has 22 heavy (non-hydrogen) atoms. The fraction of sp³-hybridized carbons (Fsp3) is 0.857. The molecule has 2 aliphatic heterocycles. The van der Waals surface area contributed by atoms with E-state index in [0.717, 1.165) is 19.1 Å². The number of carbonyl (C=O) groups excluding carboxylic acids is 2. The van der Waals surface area contributed by atoms with E-state index in [1.54, 1.807) is 0 Å². The van der Waals surface area contributed by atoms with Gasteiger partial charge in [-0.15, -0.1) is 0 Å². The molecule has 0 unspecified atom stereocenters. The van der Waals surface area contributed by atoms with E-state index < -0.39 is 14.6 Å². The summed E-state index contributed by atoms with van der Waals surface area (Å²) in [5.41, 5.74) is 0. The quantitative estimate of drug-likeness (QED) is 0.717. The van der Waals surface area contributed by atoms with Crippen molar-refractivity contribution >= 4 is 21.7 Å². The normalized spacial score (nSPS) is 26.1. The van der Waals surface area contributed by atoms with Crippen LogP contribution in [0.4, 0.5) is 0 Å². The van der Waals surface area contributed by atoms with Crippen molar-refractivity contribution in [3.05, 3.63) is 0 Å². The Morgan fingerprint density at radius 3 is 2.36 bits per heavy atom. The minimum absolute atomic E-state index is 0.0139. The summed E-state index contributed by atoms with van der Waals surface area (Å²) in [4.78, 5) is 28.4. The molecular formula is C14H23N3O4S. The smallest absolute Gasteiger partial charge is 0.244 e. The highest BCUT2D eigenvalue weighted by Crippen LogP contribution is 2.32.